The second kappa shape index (κ2) is 10.0. The van der Waals surface area contributed by atoms with Crippen LogP contribution in [-0.2, 0) is 14.4 Å². The Morgan fingerprint density at radius 1 is 0.900 bits per heavy atom. The third-order valence-corrected chi connectivity index (χ3v) is 4.77. The third kappa shape index (κ3) is 5.90. The molecule has 160 valence electrons. The molecule has 1 saturated carbocycles. The topological polar surface area (TPSA) is 105 Å². The molecule has 30 heavy (non-hydrogen) atoms. The van der Waals surface area contributed by atoms with E-state index in [-0.39, 0.29) is 40.4 Å². The lowest BCUT2D eigenvalue weighted by atomic mass is 9.81. The number of carbonyl (C=O) groups is 3. The summed E-state index contributed by atoms with van der Waals surface area (Å²) in [6.07, 6.45) is 4.18. The molecule has 2 rings (SSSR count). The first-order valence-electron chi connectivity index (χ1n) is 9.65. The molecular formula is C23H27NO6. The average Bonchev–Trinajstić information content (AvgIpc) is 2.69. The Morgan fingerprint density at radius 2 is 1.40 bits per heavy atom. The Morgan fingerprint density at radius 3 is 1.90 bits per heavy atom. The Balaban J connectivity index is 2.56. The monoisotopic (exact) mass is 413 g/mol. The number of rotatable bonds is 7. The summed E-state index contributed by atoms with van der Waals surface area (Å²) in [5.41, 5.74) is 7.05. The first kappa shape index (κ1) is 23.1. The molecular weight excluding hydrogens is 386 g/mol. The lowest BCUT2D eigenvalue weighted by molar-refractivity contribution is -0.132. The van der Waals surface area contributed by atoms with Crippen molar-refractivity contribution in [1.82, 2.24) is 0 Å². The van der Waals surface area contributed by atoms with Crippen LogP contribution in [0, 0.1) is 0 Å². The summed E-state index contributed by atoms with van der Waals surface area (Å²) in [6, 6.07) is 3.05. The van der Waals surface area contributed by atoms with Gasteiger partial charge >= 0.3 is 17.9 Å². The van der Waals surface area contributed by atoms with E-state index < -0.39 is 17.9 Å². The molecule has 1 aliphatic rings. The number of hydrogen-bond donors (Lipinski definition) is 1. The second-order valence-electron chi connectivity index (χ2n) is 7.41. The van der Waals surface area contributed by atoms with E-state index in [1.807, 2.05) is 0 Å². The highest BCUT2D eigenvalue weighted by molar-refractivity contribution is 5.91. The van der Waals surface area contributed by atoms with Crippen LogP contribution >= 0.6 is 0 Å². The van der Waals surface area contributed by atoms with Crippen molar-refractivity contribution in [3.8, 4) is 17.2 Å². The predicted molar refractivity (Wildman–Crippen MR) is 112 cm³/mol. The first-order chi connectivity index (χ1) is 14.1. The minimum absolute atomic E-state index is 0.0227. The standard InChI is InChI=1S/C23H27NO6/c1-6-21(25)28-19-11-17(15-7-9-16(24)10-8-15)18(29-22(26)13(2)3)12-20(19)30-23(27)14(4)5/h6,11-12,15-16H,1-2,4,7-10,24H2,3,5H3. The molecule has 0 atom stereocenters. The Hall–Kier alpha value is -3.19. The van der Waals surface area contributed by atoms with Crippen molar-refractivity contribution < 1.29 is 28.6 Å². The Bertz CT molecular complexity index is 893. The van der Waals surface area contributed by atoms with Crippen LogP contribution in [0.3, 0.4) is 0 Å². The zero-order chi connectivity index (χ0) is 22.4. The maximum absolute atomic E-state index is 12.2. The third-order valence-electron chi connectivity index (χ3n) is 4.77. The van der Waals surface area contributed by atoms with Crippen LogP contribution in [0.2, 0.25) is 0 Å². The van der Waals surface area contributed by atoms with Gasteiger partial charge in [-0.3, -0.25) is 0 Å². The quantitative estimate of drug-likeness (QED) is 0.412. The maximum Gasteiger partial charge on any atom is 0.338 e. The van der Waals surface area contributed by atoms with Crippen molar-refractivity contribution in [2.45, 2.75) is 51.5 Å². The van der Waals surface area contributed by atoms with Crippen LogP contribution in [0.25, 0.3) is 0 Å². The van der Waals surface area contributed by atoms with Gasteiger partial charge in [0, 0.05) is 34.9 Å². The van der Waals surface area contributed by atoms with Gasteiger partial charge in [0.15, 0.2) is 11.5 Å². The number of benzene rings is 1. The van der Waals surface area contributed by atoms with Crippen LogP contribution < -0.4 is 19.9 Å². The molecule has 2 N–H and O–H groups in total. The first-order valence-corrected chi connectivity index (χ1v) is 9.65. The molecule has 1 aromatic rings. The van der Waals surface area contributed by atoms with Gasteiger partial charge in [-0.25, -0.2) is 14.4 Å². The van der Waals surface area contributed by atoms with Gasteiger partial charge in [0.1, 0.15) is 5.75 Å². The normalized spacial score (nSPS) is 18.1. The molecule has 0 saturated heterocycles. The van der Waals surface area contributed by atoms with E-state index in [0.29, 0.717) is 5.56 Å². The fourth-order valence-corrected chi connectivity index (χ4v) is 3.08. The van der Waals surface area contributed by atoms with Gasteiger partial charge < -0.3 is 19.9 Å². The fourth-order valence-electron chi connectivity index (χ4n) is 3.08. The molecule has 1 aliphatic carbocycles. The van der Waals surface area contributed by atoms with Gasteiger partial charge in [-0.2, -0.15) is 0 Å². The number of nitrogens with two attached hydrogens (primary N) is 1. The summed E-state index contributed by atoms with van der Waals surface area (Å²) in [7, 11) is 0. The minimum Gasteiger partial charge on any atom is -0.423 e. The van der Waals surface area contributed by atoms with E-state index in [1.165, 1.54) is 19.9 Å². The summed E-state index contributed by atoms with van der Waals surface area (Å²) in [6.45, 7) is 13.5. The Kier molecular flexibility index (Phi) is 7.72. The van der Waals surface area contributed by atoms with Gasteiger partial charge in [-0.1, -0.05) is 19.7 Å². The molecule has 0 aromatic heterocycles. The van der Waals surface area contributed by atoms with Gasteiger partial charge in [0.2, 0.25) is 0 Å². The molecule has 0 amide bonds. The minimum atomic E-state index is -0.717. The van der Waals surface area contributed by atoms with E-state index in [0.717, 1.165) is 31.8 Å². The van der Waals surface area contributed by atoms with Gasteiger partial charge in [0.25, 0.3) is 0 Å². The van der Waals surface area contributed by atoms with Crippen molar-refractivity contribution in [1.29, 1.82) is 0 Å². The van der Waals surface area contributed by atoms with E-state index in [2.05, 4.69) is 19.7 Å². The molecule has 7 heteroatoms. The van der Waals surface area contributed by atoms with E-state index in [9.17, 15) is 14.4 Å². The lowest BCUT2D eigenvalue weighted by Gasteiger charge is -2.28. The highest BCUT2D eigenvalue weighted by Gasteiger charge is 2.27. The second-order valence-corrected chi connectivity index (χ2v) is 7.41. The number of carbonyl (C=O) groups excluding carboxylic acids is 3. The molecule has 0 bridgehead atoms. The van der Waals surface area contributed by atoms with Gasteiger partial charge in [-0.05, 0) is 51.5 Å². The van der Waals surface area contributed by atoms with Crippen LogP contribution in [0.15, 0.2) is 49.1 Å². The van der Waals surface area contributed by atoms with Crippen LogP contribution in [-0.4, -0.2) is 23.9 Å². The van der Waals surface area contributed by atoms with Crippen molar-refractivity contribution in [2.75, 3.05) is 0 Å². The molecule has 0 aliphatic heterocycles. The number of esters is 3. The van der Waals surface area contributed by atoms with Gasteiger partial charge in [-0.15, -0.1) is 0 Å². The van der Waals surface area contributed by atoms with Crippen molar-refractivity contribution in [3.05, 3.63) is 54.7 Å². The summed E-state index contributed by atoms with van der Waals surface area (Å²) in [4.78, 5) is 36.1. The predicted octanol–water partition coefficient (Wildman–Crippen LogP) is 3.73. The van der Waals surface area contributed by atoms with Crippen LogP contribution in [0.4, 0.5) is 0 Å². The maximum atomic E-state index is 12.2. The highest BCUT2D eigenvalue weighted by Crippen LogP contribution is 2.43. The number of hydrogen-bond acceptors (Lipinski definition) is 7. The summed E-state index contributed by atoms with van der Waals surface area (Å²) < 4.78 is 16.1. The molecule has 1 fully saturated rings. The summed E-state index contributed by atoms with van der Waals surface area (Å²) in [5.74, 6) is -1.84. The average molecular weight is 413 g/mol. The van der Waals surface area contributed by atoms with E-state index >= 15 is 0 Å². The largest absolute Gasteiger partial charge is 0.423 e. The zero-order valence-corrected chi connectivity index (χ0v) is 17.4. The Labute approximate surface area is 176 Å². The van der Waals surface area contributed by atoms with Crippen LogP contribution in [0.5, 0.6) is 17.2 Å². The molecule has 0 radical (unpaired) electrons. The molecule has 7 nitrogen and oxygen atoms in total. The fraction of sp³-hybridized carbons (Fsp3) is 0.348. The van der Waals surface area contributed by atoms with Crippen molar-refractivity contribution in [2.24, 2.45) is 5.73 Å². The van der Waals surface area contributed by atoms with Gasteiger partial charge in [0.05, 0.1) is 0 Å². The summed E-state index contributed by atoms with van der Waals surface area (Å²) in [5, 5.41) is 0. The SMILES string of the molecule is C=CC(=O)Oc1cc(C2CCC(N)CC2)c(OC(=O)C(=C)C)cc1OC(=O)C(=C)C. The molecule has 0 unspecified atom stereocenters. The van der Waals surface area contributed by atoms with E-state index in [4.69, 9.17) is 19.9 Å². The lowest BCUT2D eigenvalue weighted by Crippen LogP contribution is -2.26. The molecule has 0 spiro atoms. The smallest absolute Gasteiger partial charge is 0.338 e. The van der Waals surface area contributed by atoms with Crippen molar-refractivity contribution in [3.63, 3.8) is 0 Å². The molecule has 0 heterocycles. The number of ether oxygens (including phenoxy) is 3. The van der Waals surface area contributed by atoms with Crippen molar-refractivity contribution >= 4 is 17.9 Å². The van der Waals surface area contributed by atoms with E-state index in [1.54, 1.807) is 6.07 Å². The zero-order valence-electron chi connectivity index (χ0n) is 17.4. The molecule has 1 aromatic carbocycles. The van der Waals surface area contributed by atoms with Crippen LogP contribution in [0.1, 0.15) is 51.0 Å². The highest BCUT2D eigenvalue weighted by atomic mass is 16.6. The summed E-state index contributed by atoms with van der Waals surface area (Å²) >= 11 is 0.